The largest absolute Gasteiger partial charge is 0.352 e. The molecule has 0 atom stereocenters. The Balaban J connectivity index is 1.76. The molecule has 1 aromatic carbocycles. The normalized spacial score (nSPS) is 14.5. The van der Waals surface area contributed by atoms with E-state index in [1.807, 2.05) is 4.90 Å². The van der Waals surface area contributed by atoms with Gasteiger partial charge in [0.25, 0.3) is 5.91 Å². The molecule has 1 fully saturated rings. The van der Waals surface area contributed by atoms with Gasteiger partial charge in [-0.05, 0) is 31.0 Å². The Morgan fingerprint density at radius 2 is 2.00 bits per heavy atom. The molecule has 2 amide bonds. The molecular formula is C14H17ClN2O2. The highest BCUT2D eigenvalue weighted by Gasteiger charge is 2.17. The first-order valence-corrected chi connectivity index (χ1v) is 6.86. The predicted octanol–water partition coefficient (Wildman–Crippen LogP) is 2.08. The number of amides is 2. The molecule has 1 N–H and O–H groups in total. The Morgan fingerprint density at radius 3 is 2.68 bits per heavy atom. The quantitative estimate of drug-likeness (QED) is 0.918. The van der Waals surface area contributed by atoms with Crippen LogP contribution in [0.1, 0.15) is 29.6 Å². The number of benzene rings is 1. The lowest BCUT2D eigenvalue weighted by atomic mass is 10.2. The minimum Gasteiger partial charge on any atom is -0.352 e. The van der Waals surface area contributed by atoms with Crippen molar-refractivity contribution in [2.75, 3.05) is 19.6 Å². The van der Waals surface area contributed by atoms with Crippen molar-refractivity contribution in [3.8, 4) is 0 Å². The summed E-state index contributed by atoms with van der Waals surface area (Å²) in [6, 6.07) is 6.75. The van der Waals surface area contributed by atoms with E-state index in [0.717, 1.165) is 25.9 Å². The molecule has 0 bridgehead atoms. The van der Waals surface area contributed by atoms with E-state index in [1.165, 1.54) is 0 Å². The van der Waals surface area contributed by atoms with Gasteiger partial charge in [0, 0.05) is 36.6 Å². The van der Waals surface area contributed by atoms with Crippen LogP contribution in [0.5, 0.6) is 0 Å². The Bertz CT molecular complexity index is 470. The van der Waals surface area contributed by atoms with Gasteiger partial charge in [-0.15, -0.1) is 0 Å². The summed E-state index contributed by atoms with van der Waals surface area (Å²) in [7, 11) is 0. The molecule has 1 aliphatic rings. The first-order chi connectivity index (χ1) is 9.16. The average molecular weight is 281 g/mol. The Hall–Kier alpha value is -1.55. The van der Waals surface area contributed by atoms with Crippen LogP contribution in [0.25, 0.3) is 0 Å². The molecule has 0 aliphatic carbocycles. The number of hydrogen-bond acceptors (Lipinski definition) is 2. The fourth-order valence-electron chi connectivity index (χ4n) is 2.14. The maximum Gasteiger partial charge on any atom is 0.251 e. The summed E-state index contributed by atoms with van der Waals surface area (Å²) >= 11 is 5.82. The molecule has 1 aromatic rings. The number of likely N-dealkylation sites (tertiary alicyclic amines) is 1. The van der Waals surface area contributed by atoms with Crippen molar-refractivity contribution in [3.63, 3.8) is 0 Å². The molecular weight excluding hydrogens is 264 g/mol. The van der Waals surface area contributed by atoms with Crippen LogP contribution in [0, 0.1) is 0 Å². The van der Waals surface area contributed by atoms with Gasteiger partial charge in [-0.25, -0.2) is 0 Å². The van der Waals surface area contributed by atoms with Crippen molar-refractivity contribution in [2.45, 2.75) is 19.3 Å². The standard InChI is InChI=1S/C14H17ClN2O2/c15-12-5-3-4-11(10-12)14(19)16-7-6-13(18)17-8-1-2-9-17/h3-5,10H,1-2,6-9H2,(H,16,19). The summed E-state index contributed by atoms with van der Waals surface area (Å²) in [6.07, 6.45) is 2.52. The lowest BCUT2D eigenvalue weighted by Gasteiger charge is -2.15. The van der Waals surface area contributed by atoms with E-state index in [9.17, 15) is 9.59 Å². The van der Waals surface area contributed by atoms with Crippen molar-refractivity contribution in [2.24, 2.45) is 0 Å². The molecule has 0 saturated carbocycles. The van der Waals surface area contributed by atoms with Crippen LogP contribution in [-0.4, -0.2) is 36.3 Å². The topological polar surface area (TPSA) is 49.4 Å². The molecule has 19 heavy (non-hydrogen) atoms. The number of nitrogens with one attached hydrogen (secondary N) is 1. The molecule has 2 rings (SSSR count). The van der Waals surface area contributed by atoms with Gasteiger partial charge in [-0.3, -0.25) is 9.59 Å². The number of halogens is 1. The smallest absolute Gasteiger partial charge is 0.251 e. The maximum atomic E-state index is 11.8. The number of carbonyl (C=O) groups excluding carboxylic acids is 2. The summed E-state index contributed by atoms with van der Waals surface area (Å²) in [5.41, 5.74) is 0.515. The van der Waals surface area contributed by atoms with E-state index in [4.69, 9.17) is 11.6 Å². The third-order valence-corrected chi connectivity index (χ3v) is 3.41. The second-order valence-electron chi connectivity index (χ2n) is 4.60. The first-order valence-electron chi connectivity index (χ1n) is 6.48. The number of rotatable bonds is 4. The Morgan fingerprint density at radius 1 is 1.26 bits per heavy atom. The van der Waals surface area contributed by atoms with Crippen molar-refractivity contribution in [3.05, 3.63) is 34.9 Å². The van der Waals surface area contributed by atoms with Crippen molar-refractivity contribution < 1.29 is 9.59 Å². The van der Waals surface area contributed by atoms with Crippen LogP contribution >= 0.6 is 11.6 Å². The van der Waals surface area contributed by atoms with Crippen LogP contribution in [0.2, 0.25) is 5.02 Å². The van der Waals surface area contributed by atoms with E-state index in [1.54, 1.807) is 24.3 Å². The van der Waals surface area contributed by atoms with Crippen molar-refractivity contribution >= 4 is 23.4 Å². The van der Waals surface area contributed by atoms with Gasteiger partial charge in [0.2, 0.25) is 5.91 Å². The van der Waals surface area contributed by atoms with Gasteiger partial charge in [-0.2, -0.15) is 0 Å². The summed E-state index contributed by atoms with van der Waals surface area (Å²) in [5, 5.41) is 3.26. The zero-order valence-corrected chi connectivity index (χ0v) is 11.4. The maximum absolute atomic E-state index is 11.8. The molecule has 102 valence electrons. The van der Waals surface area contributed by atoms with E-state index in [2.05, 4.69) is 5.32 Å². The molecule has 0 radical (unpaired) electrons. The fourth-order valence-corrected chi connectivity index (χ4v) is 2.33. The first kappa shape index (κ1) is 13.9. The minimum absolute atomic E-state index is 0.115. The minimum atomic E-state index is -0.197. The summed E-state index contributed by atoms with van der Waals surface area (Å²) in [5.74, 6) is -0.0828. The summed E-state index contributed by atoms with van der Waals surface area (Å²) < 4.78 is 0. The van der Waals surface area contributed by atoms with Gasteiger partial charge in [0.05, 0.1) is 0 Å². The van der Waals surface area contributed by atoms with Crippen LogP contribution in [0.4, 0.5) is 0 Å². The van der Waals surface area contributed by atoms with E-state index in [0.29, 0.717) is 23.6 Å². The monoisotopic (exact) mass is 280 g/mol. The number of hydrogen-bond donors (Lipinski definition) is 1. The van der Waals surface area contributed by atoms with E-state index in [-0.39, 0.29) is 11.8 Å². The van der Waals surface area contributed by atoms with E-state index < -0.39 is 0 Å². The van der Waals surface area contributed by atoms with Gasteiger partial charge in [0.15, 0.2) is 0 Å². The number of nitrogens with zero attached hydrogens (tertiary/aromatic N) is 1. The molecule has 1 aliphatic heterocycles. The predicted molar refractivity (Wildman–Crippen MR) is 74.2 cm³/mol. The summed E-state index contributed by atoms with van der Waals surface area (Å²) in [6.45, 7) is 2.06. The molecule has 0 aromatic heterocycles. The average Bonchev–Trinajstić information content (AvgIpc) is 2.92. The molecule has 0 unspecified atom stereocenters. The SMILES string of the molecule is O=C(NCCC(=O)N1CCCC1)c1cccc(Cl)c1. The van der Waals surface area contributed by atoms with Crippen LogP contribution in [0.3, 0.4) is 0 Å². The molecule has 1 saturated heterocycles. The van der Waals surface area contributed by atoms with Gasteiger partial charge in [-0.1, -0.05) is 17.7 Å². The van der Waals surface area contributed by atoms with Crippen LogP contribution < -0.4 is 5.32 Å². The second-order valence-corrected chi connectivity index (χ2v) is 5.04. The third kappa shape index (κ3) is 3.96. The van der Waals surface area contributed by atoms with Gasteiger partial charge < -0.3 is 10.2 Å². The van der Waals surface area contributed by atoms with Crippen LogP contribution in [0.15, 0.2) is 24.3 Å². The highest BCUT2D eigenvalue weighted by molar-refractivity contribution is 6.30. The molecule has 4 nitrogen and oxygen atoms in total. The highest BCUT2D eigenvalue weighted by atomic mass is 35.5. The Kier molecular flexibility index (Phi) is 4.80. The van der Waals surface area contributed by atoms with Crippen molar-refractivity contribution in [1.82, 2.24) is 10.2 Å². The van der Waals surface area contributed by atoms with Gasteiger partial charge >= 0.3 is 0 Å². The Labute approximate surface area is 117 Å². The molecule has 0 spiro atoms. The van der Waals surface area contributed by atoms with Crippen molar-refractivity contribution in [1.29, 1.82) is 0 Å². The second kappa shape index (κ2) is 6.57. The lowest BCUT2D eigenvalue weighted by Crippen LogP contribution is -2.32. The van der Waals surface area contributed by atoms with Gasteiger partial charge in [0.1, 0.15) is 0 Å². The van der Waals surface area contributed by atoms with E-state index >= 15 is 0 Å². The lowest BCUT2D eigenvalue weighted by molar-refractivity contribution is -0.129. The zero-order chi connectivity index (χ0) is 13.7. The summed E-state index contributed by atoms with van der Waals surface area (Å²) in [4.78, 5) is 25.4. The molecule has 5 heteroatoms. The zero-order valence-electron chi connectivity index (χ0n) is 10.7. The number of carbonyl (C=O) groups is 2. The molecule has 1 heterocycles. The highest BCUT2D eigenvalue weighted by Crippen LogP contribution is 2.11. The van der Waals surface area contributed by atoms with Crippen LogP contribution in [-0.2, 0) is 4.79 Å². The third-order valence-electron chi connectivity index (χ3n) is 3.17. The fraction of sp³-hybridized carbons (Fsp3) is 0.429.